The van der Waals surface area contributed by atoms with Crippen molar-refractivity contribution in [3.63, 3.8) is 0 Å². The van der Waals surface area contributed by atoms with E-state index in [0.29, 0.717) is 16.8 Å². The van der Waals surface area contributed by atoms with Crippen LogP contribution in [-0.4, -0.2) is 27.0 Å². The molecule has 0 atom stereocenters. The SMILES string of the molecule is Cc1ccc(C(=O)Nc2cncnc2)cc1/C=C/C(=O)O. The van der Waals surface area contributed by atoms with Crippen LogP contribution < -0.4 is 5.32 Å². The molecule has 106 valence electrons. The number of amides is 1. The van der Waals surface area contributed by atoms with E-state index in [2.05, 4.69) is 15.3 Å². The minimum atomic E-state index is -1.04. The molecule has 1 amide bonds. The molecule has 1 aromatic heterocycles. The third-order valence-corrected chi connectivity index (χ3v) is 2.77. The number of benzene rings is 1. The monoisotopic (exact) mass is 283 g/mol. The molecule has 1 aromatic carbocycles. The summed E-state index contributed by atoms with van der Waals surface area (Å²) >= 11 is 0. The Morgan fingerprint density at radius 2 is 1.95 bits per heavy atom. The molecule has 1 heterocycles. The van der Waals surface area contributed by atoms with Crippen LogP contribution in [0.15, 0.2) is 43.0 Å². The van der Waals surface area contributed by atoms with Gasteiger partial charge in [-0.25, -0.2) is 14.8 Å². The normalized spacial score (nSPS) is 10.5. The van der Waals surface area contributed by atoms with E-state index in [1.807, 2.05) is 6.92 Å². The van der Waals surface area contributed by atoms with E-state index in [-0.39, 0.29) is 5.91 Å². The Morgan fingerprint density at radius 1 is 1.24 bits per heavy atom. The van der Waals surface area contributed by atoms with E-state index in [1.165, 1.54) is 24.8 Å². The van der Waals surface area contributed by atoms with Crippen molar-refractivity contribution in [3.05, 3.63) is 59.7 Å². The fourth-order valence-corrected chi connectivity index (χ4v) is 1.69. The van der Waals surface area contributed by atoms with E-state index in [1.54, 1.807) is 18.2 Å². The van der Waals surface area contributed by atoms with Crippen molar-refractivity contribution in [2.24, 2.45) is 0 Å². The molecule has 0 unspecified atom stereocenters. The van der Waals surface area contributed by atoms with Gasteiger partial charge in [0, 0.05) is 11.6 Å². The predicted molar refractivity (Wildman–Crippen MR) is 77.8 cm³/mol. The van der Waals surface area contributed by atoms with Gasteiger partial charge in [-0.1, -0.05) is 6.07 Å². The topological polar surface area (TPSA) is 92.2 Å². The number of nitrogens with one attached hydrogen (secondary N) is 1. The molecular weight excluding hydrogens is 270 g/mol. The third-order valence-electron chi connectivity index (χ3n) is 2.77. The number of hydrogen-bond donors (Lipinski definition) is 2. The fraction of sp³-hybridized carbons (Fsp3) is 0.0667. The Balaban J connectivity index is 2.22. The van der Waals surface area contributed by atoms with Gasteiger partial charge in [0.25, 0.3) is 5.91 Å². The van der Waals surface area contributed by atoms with Gasteiger partial charge in [0.2, 0.25) is 0 Å². The highest BCUT2D eigenvalue weighted by Gasteiger charge is 2.08. The Kier molecular flexibility index (Phi) is 4.40. The number of rotatable bonds is 4. The Hall–Kier alpha value is -3.02. The largest absolute Gasteiger partial charge is 0.478 e. The van der Waals surface area contributed by atoms with Gasteiger partial charge in [-0.2, -0.15) is 0 Å². The number of aliphatic carboxylic acids is 1. The lowest BCUT2D eigenvalue weighted by Gasteiger charge is -2.07. The number of carbonyl (C=O) groups is 2. The molecule has 2 aromatic rings. The zero-order valence-corrected chi connectivity index (χ0v) is 11.3. The Bertz CT molecular complexity index is 697. The number of aromatic nitrogens is 2. The Labute approximate surface area is 121 Å². The fourth-order valence-electron chi connectivity index (χ4n) is 1.69. The van der Waals surface area contributed by atoms with Crippen LogP contribution in [0.5, 0.6) is 0 Å². The average molecular weight is 283 g/mol. The molecule has 0 aliphatic rings. The van der Waals surface area contributed by atoms with Crippen molar-refractivity contribution in [2.75, 3.05) is 5.32 Å². The maximum absolute atomic E-state index is 12.1. The second kappa shape index (κ2) is 6.42. The first kappa shape index (κ1) is 14.4. The lowest BCUT2D eigenvalue weighted by atomic mass is 10.0. The standard InChI is InChI=1S/C15H13N3O3/c1-10-2-3-12(6-11(10)4-5-14(19)20)15(21)18-13-7-16-9-17-8-13/h2-9H,1H3,(H,18,21)(H,19,20)/b5-4+. The molecule has 6 heteroatoms. The highest BCUT2D eigenvalue weighted by Crippen LogP contribution is 2.14. The molecule has 0 aliphatic carbocycles. The summed E-state index contributed by atoms with van der Waals surface area (Å²) in [6, 6.07) is 5.07. The van der Waals surface area contributed by atoms with Crippen LogP contribution in [0.1, 0.15) is 21.5 Å². The maximum atomic E-state index is 12.1. The third kappa shape index (κ3) is 3.97. The molecule has 0 bridgehead atoms. The molecule has 6 nitrogen and oxygen atoms in total. The summed E-state index contributed by atoms with van der Waals surface area (Å²) < 4.78 is 0. The van der Waals surface area contributed by atoms with E-state index >= 15 is 0 Å². The van der Waals surface area contributed by atoms with Crippen LogP contribution in [0.25, 0.3) is 6.08 Å². The quantitative estimate of drug-likeness (QED) is 0.839. The summed E-state index contributed by atoms with van der Waals surface area (Å²) in [5.41, 5.74) is 2.47. The van der Waals surface area contributed by atoms with Crippen molar-refractivity contribution < 1.29 is 14.7 Å². The first-order valence-electron chi connectivity index (χ1n) is 6.14. The van der Waals surface area contributed by atoms with Crippen LogP contribution in [0.3, 0.4) is 0 Å². The molecule has 0 spiro atoms. The second-order valence-electron chi connectivity index (χ2n) is 4.32. The van der Waals surface area contributed by atoms with E-state index in [4.69, 9.17) is 5.11 Å². The Morgan fingerprint density at radius 3 is 2.62 bits per heavy atom. The molecule has 2 rings (SSSR count). The van der Waals surface area contributed by atoms with Crippen LogP contribution in [0.2, 0.25) is 0 Å². The summed E-state index contributed by atoms with van der Waals surface area (Å²) in [6.07, 6.45) is 6.85. The number of nitrogens with zero attached hydrogens (tertiary/aromatic N) is 2. The van der Waals surface area contributed by atoms with Gasteiger partial charge in [0.05, 0.1) is 18.1 Å². The van der Waals surface area contributed by atoms with Crippen LogP contribution in [0, 0.1) is 6.92 Å². The van der Waals surface area contributed by atoms with Crippen molar-refractivity contribution in [1.29, 1.82) is 0 Å². The summed E-state index contributed by atoms with van der Waals surface area (Å²) in [4.78, 5) is 30.3. The van der Waals surface area contributed by atoms with Gasteiger partial charge in [-0.05, 0) is 36.3 Å². The van der Waals surface area contributed by atoms with Crippen LogP contribution in [-0.2, 0) is 4.79 Å². The van der Waals surface area contributed by atoms with Crippen molar-refractivity contribution in [2.45, 2.75) is 6.92 Å². The van der Waals surface area contributed by atoms with Gasteiger partial charge >= 0.3 is 5.97 Å². The molecule has 0 aliphatic heterocycles. The molecule has 0 saturated heterocycles. The van der Waals surface area contributed by atoms with Crippen molar-refractivity contribution >= 4 is 23.6 Å². The number of carboxylic acid groups (broad SMARTS) is 1. The number of aryl methyl sites for hydroxylation is 1. The van der Waals surface area contributed by atoms with Gasteiger partial charge in [-0.3, -0.25) is 4.79 Å². The summed E-state index contributed by atoms with van der Waals surface area (Å²) in [5.74, 6) is -1.35. The van der Waals surface area contributed by atoms with Gasteiger partial charge < -0.3 is 10.4 Å². The molecule has 0 fully saturated rings. The molecule has 2 N–H and O–H groups in total. The molecule has 0 saturated carbocycles. The summed E-state index contributed by atoms with van der Waals surface area (Å²) in [7, 11) is 0. The molecule has 21 heavy (non-hydrogen) atoms. The number of carbonyl (C=O) groups excluding carboxylic acids is 1. The van der Waals surface area contributed by atoms with E-state index < -0.39 is 5.97 Å². The van der Waals surface area contributed by atoms with Crippen LogP contribution in [0.4, 0.5) is 5.69 Å². The molecular formula is C15H13N3O3. The highest BCUT2D eigenvalue weighted by atomic mass is 16.4. The van der Waals surface area contributed by atoms with Crippen molar-refractivity contribution in [1.82, 2.24) is 9.97 Å². The maximum Gasteiger partial charge on any atom is 0.328 e. The smallest absolute Gasteiger partial charge is 0.328 e. The van der Waals surface area contributed by atoms with Crippen LogP contribution >= 0.6 is 0 Å². The van der Waals surface area contributed by atoms with Gasteiger partial charge in [0.1, 0.15) is 6.33 Å². The van der Waals surface area contributed by atoms with Crippen molar-refractivity contribution in [3.8, 4) is 0 Å². The average Bonchev–Trinajstić information content (AvgIpc) is 2.47. The minimum absolute atomic E-state index is 0.310. The second-order valence-corrected chi connectivity index (χ2v) is 4.32. The van der Waals surface area contributed by atoms with E-state index in [0.717, 1.165) is 11.6 Å². The first-order chi connectivity index (χ1) is 10.1. The number of anilines is 1. The number of carboxylic acids is 1. The van der Waals surface area contributed by atoms with E-state index in [9.17, 15) is 9.59 Å². The first-order valence-corrected chi connectivity index (χ1v) is 6.14. The summed E-state index contributed by atoms with van der Waals surface area (Å²) in [5, 5.41) is 11.3. The molecule has 0 radical (unpaired) electrons. The van der Waals surface area contributed by atoms with Gasteiger partial charge in [0.15, 0.2) is 0 Å². The lowest BCUT2D eigenvalue weighted by molar-refractivity contribution is -0.131. The number of hydrogen-bond acceptors (Lipinski definition) is 4. The predicted octanol–water partition coefficient (Wildman–Crippen LogP) is 2.14. The summed E-state index contributed by atoms with van der Waals surface area (Å²) in [6.45, 7) is 1.84. The minimum Gasteiger partial charge on any atom is -0.478 e. The highest BCUT2D eigenvalue weighted by molar-refractivity contribution is 6.04. The van der Waals surface area contributed by atoms with Gasteiger partial charge in [-0.15, -0.1) is 0 Å². The zero-order valence-electron chi connectivity index (χ0n) is 11.3. The lowest BCUT2D eigenvalue weighted by Crippen LogP contribution is -2.12. The zero-order chi connectivity index (χ0) is 15.2.